The molecule has 33 heavy (non-hydrogen) atoms. The first-order chi connectivity index (χ1) is 15.5. The highest BCUT2D eigenvalue weighted by molar-refractivity contribution is 5.55. The Balaban J connectivity index is 1.74. The summed E-state index contributed by atoms with van der Waals surface area (Å²) in [5.41, 5.74) is 0.258. The highest BCUT2D eigenvalue weighted by atomic mass is 16.6. The average molecular weight is 460 g/mol. The van der Waals surface area contributed by atoms with Crippen LogP contribution < -0.4 is 4.74 Å². The van der Waals surface area contributed by atoms with Crippen LogP contribution in [0.4, 0.5) is 0 Å². The van der Waals surface area contributed by atoms with E-state index in [9.17, 15) is 46.0 Å². The molecule has 0 amide bonds. The molecule has 0 saturated heterocycles. The smallest absolute Gasteiger partial charge is 0.200 e. The summed E-state index contributed by atoms with van der Waals surface area (Å²) in [5, 5.41) is 89.0. The molecule has 1 aliphatic rings. The maximum Gasteiger partial charge on any atom is 0.200 e. The van der Waals surface area contributed by atoms with E-state index in [-0.39, 0.29) is 40.4 Å². The van der Waals surface area contributed by atoms with E-state index in [4.69, 9.17) is 9.47 Å². The quantitative estimate of drug-likeness (QED) is 0.204. The number of phenolic OH excluding ortho intramolecular Hbond substituents is 8. The second-order valence-corrected chi connectivity index (χ2v) is 7.53. The van der Waals surface area contributed by atoms with Crippen molar-refractivity contribution in [1.82, 2.24) is 0 Å². The van der Waals surface area contributed by atoms with Crippen LogP contribution in [-0.2, 0) is 11.2 Å². The molecule has 3 unspecified atom stereocenters. The van der Waals surface area contributed by atoms with Gasteiger partial charge in [0.2, 0.25) is 0 Å². The molecule has 3 aromatic carbocycles. The van der Waals surface area contributed by atoms with Gasteiger partial charge in [-0.15, -0.1) is 0 Å². The second kappa shape index (κ2) is 8.04. The Hall–Kier alpha value is -4.22. The summed E-state index contributed by atoms with van der Waals surface area (Å²) < 4.78 is 11.5. The van der Waals surface area contributed by atoms with E-state index < -0.39 is 53.0 Å². The van der Waals surface area contributed by atoms with Gasteiger partial charge in [0, 0.05) is 35.2 Å². The van der Waals surface area contributed by atoms with Gasteiger partial charge in [-0.05, 0) is 24.3 Å². The molecule has 0 aliphatic carbocycles. The van der Waals surface area contributed by atoms with Gasteiger partial charge in [0.15, 0.2) is 46.9 Å². The number of hydrogen-bond acceptors (Lipinski definition) is 11. The summed E-state index contributed by atoms with van der Waals surface area (Å²) in [6.07, 6.45) is -4.02. The molecule has 0 radical (unpaired) electrons. The van der Waals surface area contributed by atoms with Crippen molar-refractivity contribution in [3.63, 3.8) is 0 Å². The zero-order chi connectivity index (χ0) is 24.0. The Kier molecular flexibility index (Phi) is 5.36. The largest absolute Gasteiger partial charge is 0.508 e. The van der Waals surface area contributed by atoms with Crippen molar-refractivity contribution in [2.75, 3.05) is 0 Å². The number of phenols is 8. The van der Waals surface area contributed by atoms with Gasteiger partial charge in [0.25, 0.3) is 0 Å². The predicted octanol–water partition coefficient (Wildman–Crippen LogP) is 2.08. The van der Waals surface area contributed by atoms with Gasteiger partial charge >= 0.3 is 0 Å². The molecule has 0 fully saturated rings. The van der Waals surface area contributed by atoms with Crippen molar-refractivity contribution in [2.45, 2.75) is 24.9 Å². The minimum atomic E-state index is -1.75. The second-order valence-electron chi connectivity index (χ2n) is 7.53. The van der Waals surface area contributed by atoms with E-state index in [0.29, 0.717) is 0 Å². The van der Waals surface area contributed by atoms with E-state index in [1.807, 2.05) is 0 Å². The number of aromatic hydroxyl groups is 8. The van der Waals surface area contributed by atoms with Crippen LogP contribution >= 0.6 is 0 Å². The number of benzene rings is 3. The fourth-order valence-corrected chi connectivity index (χ4v) is 3.65. The molecule has 11 nitrogen and oxygen atoms in total. The summed E-state index contributed by atoms with van der Waals surface area (Å²) in [6.45, 7) is 0. The number of ether oxygens (including phenoxy) is 2. The minimum absolute atomic E-state index is 0.0678. The first-order valence-corrected chi connectivity index (χ1v) is 9.59. The third-order valence-corrected chi connectivity index (χ3v) is 5.27. The predicted molar refractivity (Wildman–Crippen MR) is 110 cm³/mol. The van der Waals surface area contributed by atoms with E-state index in [2.05, 4.69) is 0 Å². The highest BCUT2D eigenvalue weighted by Gasteiger charge is 2.37. The van der Waals surface area contributed by atoms with Crippen LogP contribution in [0.5, 0.6) is 51.7 Å². The minimum Gasteiger partial charge on any atom is -0.508 e. The summed E-state index contributed by atoms with van der Waals surface area (Å²) in [4.78, 5) is 0. The molecule has 4 rings (SSSR count). The van der Waals surface area contributed by atoms with Crippen LogP contribution in [0.2, 0.25) is 0 Å². The monoisotopic (exact) mass is 460 g/mol. The van der Waals surface area contributed by atoms with Crippen LogP contribution in [0, 0.1) is 0 Å². The lowest BCUT2D eigenvalue weighted by molar-refractivity contribution is -0.169. The van der Waals surface area contributed by atoms with Gasteiger partial charge in [0.05, 0.1) is 0 Å². The lowest BCUT2D eigenvalue weighted by Gasteiger charge is -2.35. The Morgan fingerprint density at radius 2 is 1.27 bits per heavy atom. The van der Waals surface area contributed by atoms with Gasteiger partial charge in [-0.2, -0.15) is 0 Å². The highest BCUT2D eigenvalue weighted by Crippen LogP contribution is 2.46. The van der Waals surface area contributed by atoms with E-state index in [1.165, 1.54) is 6.07 Å². The van der Waals surface area contributed by atoms with Gasteiger partial charge in [-0.25, -0.2) is 0 Å². The molecular formula is C22H20O11. The molecule has 0 aromatic heterocycles. The third-order valence-electron chi connectivity index (χ3n) is 5.27. The first-order valence-electron chi connectivity index (χ1n) is 9.59. The van der Waals surface area contributed by atoms with Crippen molar-refractivity contribution >= 4 is 0 Å². The fraction of sp³-hybridized carbons (Fsp3) is 0.182. The van der Waals surface area contributed by atoms with Crippen molar-refractivity contribution in [2.24, 2.45) is 0 Å². The molecular weight excluding hydrogens is 440 g/mol. The summed E-state index contributed by atoms with van der Waals surface area (Å²) in [6, 6.07) is 6.48. The Morgan fingerprint density at radius 3 is 1.85 bits per heavy atom. The van der Waals surface area contributed by atoms with Gasteiger partial charge in [-0.1, -0.05) is 0 Å². The lowest BCUT2D eigenvalue weighted by Crippen LogP contribution is -2.34. The number of fused-ring (bicyclic) bond motifs is 1. The van der Waals surface area contributed by atoms with Crippen molar-refractivity contribution in [3.05, 3.63) is 53.1 Å². The fourth-order valence-electron chi connectivity index (χ4n) is 3.65. The molecule has 0 saturated carbocycles. The van der Waals surface area contributed by atoms with Crippen LogP contribution in [0.1, 0.15) is 29.1 Å². The zero-order valence-electron chi connectivity index (χ0n) is 16.7. The van der Waals surface area contributed by atoms with Gasteiger partial charge in [0.1, 0.15) is 23.4 Å². The molecule has 0 spiro atoms. The standard InChI is InChI=1S/C22H20O11/c23-10-5-12(24)11-7-18(33-22(31)9-3-15(27)20(30)16(28)4-9)21(32-17(11)6-10)8-1-13(25)19(29)14(26)2-8/h1-6,18,21-31H,7H2. The van der Waals surface area contributed by atoms with Crippen LogP contribution in [0.3, 0.4) is 0 Å². The number of hydrogen-bond donors (Lipinski definition) is 9. The Labute approximate surface area is 185 Å². The summed E-state index contributed by atoms with van der Waals surface area (Å²) in [5.74, 6) is -4.72. The van der Waals surface area contributed by atoms with Crippen molar-refractivity contribution < 1.29 is 55.4 Å². The molecule has 1 aliphatic heterocycles. The number of aliphatic hydroxyl groups excluding tert-OH is 1. The van der Waals surface area contributed by atoms with Crippen LogP contribution in [-0.4, -0.2) is 52.1 Å². The molecule has 9 N–H and O–H groups in total. The summed E-state index contributed by atoms with van der Waals surface area (Å²) >= 11 is 0. The van der Waals surface area contributed by atoms with Gasteiger partial charge < -0.3 is 55.4 Å². The molecule has 11 heteroatoms. The normalized spacial score (nSPS) is 18.3. The number of rotatable bonds is 4. The zero-order valence-corrected chi connectivity index (χ0v) is 16.7. The van der Waals surface area contributed by atoms with Gasteiger partial charge in [-0.3, -0.25) is 0 Å². The third kappa shape index (κ3) is 4.02. The Morgan fingerprint density at radius 1 is 0.727 bits per heavy atom. The topological polar surface area (TPSA) is 201 Å². The molecule has 0 bridgehead atoms. The molecule has 1 heterocycles. The lowest BCUT2D eigenvalue weighted by atomic mass is 9.93. The summed E-state index contributed by atoms with van der Waals surface area (Å²) in [7, 11) is 0. The van der Waals surface area contributed by atoms with Crippen molar-refractivity contribution in [3.8, 4) is 51.7 Å². The SMILES string of the molecule is Oc1cc(O)c2c(c1)OC(c1cc(O)c(O)c(O)c1)C(OC(O)c1cc(O)c(O)c(O)c1)C2. The van der Waals surface area contributed by atoms with Crippen LogP contribution in [0.25, 0.3) is 0 Å². The Bertz CT molecular complexity index is 1180. The average Bonchev–Trinajstić information content (AvgIpc) is 2.75. The molecule has 3 atom stereocenters. The number of aliphatic hydroxyl groups is 1. The van der Waals surface area contributed by atoms with Crippen molar-refractivity contribution in [1.29, 1.82) is 0 Å². The first kappa shape index (κ1) is 22.0. The maximum atomic E-state index is 10.6. The van der Waals surface area contributed by atoms with E-state index in [0.717, 1.165) is 30.3 Å². The molecule has 3 aromatic rings. The van der Waals surface area contributed by atoms with Crippen LogP contribution in [0.15, 0.2) is 36.4 Å². The van der Waals surface area contributed by atoms with E-state index in [1.54, 1.807) is 0 Å². The molecule has 174 valence electrons. The van der Waals surface area contributed by atoms with E-state index >= 15 is 0 Å². The maximum absolute atomic E-state index is 10.6.